The van der Waals surface area contributed by atoms with Crippen LogP contribution in [-0.2, 0) is 4.79 Å². The van der Waals surface area contributed by atoms with E-state index >= 15 is 0 Å². The highest BCUT2D eigenvalue weighted by Gasteiger charge is 2.22. The molecule has 0 spiro atoms. The number of hydrogen-bond donors (Lipinski definition) is 0. The molecule has 2 rings (SSSR count). The van der Waals surface area contributed by atoms with Gasteiger partial charge in [0.15, 0.2) is 0 Å². The van der Waals surface area contributed by atoms with Gasteiger partial charge in [0.25, 0.3) is 0 Å². The molecule has 2 aromatic carbocycles. The summed E-state index contributed by atoms with van der Waals surface area (Å²) in [7, 11) is 0. The first-order chi connectivity index (χ1) is 10.6. The minimum atomic E-state index is -0.0777. The zero-order valence-electron chi connectivity index (χ0n) is 13.5. The minimum Gasteiger partial charge on any atom is -0.298 e. The smallest absolute Gasteiger partial charge is 0.147 e. The van der Waals surface area contributed by atoms with Crippen molar-refractivity contribution in [1.29, 1.82) is 0 Å². The molecule has 0 saturated carbocycles. The van der Waals surface area contributed by atoms with Gasteiger partial charge in [0.1, 0.15) is 5.78 Å². The van der Waals surface area contributed by atoms with E-state index in [0.717, 1.165) is 11.1 Å². The maximum absolute atomic E-state index is 12.7. The van der Waals surface area contributed by atoms with Gasteiger partial charge < -0.3 is 0 Å². The molecule has 2 aromatic rings. The van der Waals surface area contributed by atoms with Crippen molar-refractivity contribution in [3.8, 4) is 0 Å². The highest BCUT2D eigenvalue weighted by molar-refractivity contribution is 7.98. The van der Waals surface area contributed by atoms with Crippen LogP contribution in [0.3, 0.4) is 0 Å². The lowest BCUT2D eigenvalue weighted by molar-refractivity contribution is -0.121. The molecule has 0 amide bonds. The first-order valence-electron chi connectivity index (χ1n) is 7.38. The summed E-state index contributed by atoms with van der Waals surface area (Å²) in [4.78, 5) is 15.2. The lowest BCUT2D eigenvalue weighted by Crippen LogP contribution is -2.16. The van der Waals surface area contributed by atoms with Gasteiger partial charge in [0.2, 0.25) is 0 Å². The first-order valence-corrected chi connectivity index (χ1v) is 9.83. The van der Waals surface area contributed by atoms with Crippen LogP contribution in [-0.4, -0.2) is 18.3 Å². The quantitative estimate of drug-likeness (QED) is 0.641. The van der Waals surface area contributed by atoms with Gasteiger partial charge in [-0.05, 0) is 47.9 Å². The Labute approximate surface area is 141 Å². The number of ketones is 1. The van der Waals surface area contributed by atoms with Crippen LogP contribution in [0, 0.1) is 0 Å². The maximum Gasteiger partial charge on any atom is 0.147 e. The molecular formula is C19H22OS2. The van der Waals surface area contributed by atoms with Crippen molar-refractivity contribution >= 4 is 29.3 Å². The average molecular weight is 331 g/mol. The number of thioether (sulfide) groups is 2. The molecule has 0 bridgehead atoms. The van der Waals surface area contributed by atoms with Crippen molar-refractivity contribution < 1.29 is 4.79 Å². The molecule has 0 aliphatic carbocycles. The van der Waals surface area contributed by atoms with Crippen LogP contribution in [0.4, 0.5) is 0 Å². The monoisotopic (exact) mass is 330 g/mol. The average Bonchev–Trinajstić information content (AvgIpc) is 2.60. The lowest BCUT2D eigenvalue weighted by atomic mass is 9.86. The molecule has 2 atom stereocenters. The third-order valence-corrected chi connectivity index (χ3v) is 5.57. The van der Waals surface area contributed by atoms with E-state index in [1.165, 1.54) is 9.79 Å². The number of hydrogen-bond acceptors (Lipinski definition) is 3. The number of carbonyl (C=O) groups is 1. The van der Waals surface area contributed by atoms with Crippen LogP contribution < -0.4 is 0 Å². The number of Topliss-reactive ketones (excluding diaryl/α,β-unsaturated/α-hetero) is 1. The predicted octanol–water partition coefficient (Wildman–Crippen LogP) is 5.61. The van der Waals surface area contributed by atoms with Crippen molar-refractivity contribution in [2.75, 3.05) is 12.5 Å². The second-order valence-corrected chi connectivity index (χ2v) is 7.15. The van der Waals surface area contributed by atoms with Gasteiger partial charge in [-0.1, -0.05) is 38.1 Å². The summed E-state index contributed by atoms with van der Waals surface area (Å²) in [6, 6.07) is 16.6. The Bertz CT molecular complexity index is 561. The van der Waals surface area contributed by atoms with E-state index in [0.29, 0.717) is 0 Å². The Morgan fingerprint density at radius 3 is 1.32 bits per heavy atom. The molecule has 3 heteroatoms. The van der Waals surface area contributed by atoms with Crippen LogP contribution in [0.25, 0.3) is 0 Å². The van der Waals surface area contributed by atoms with Gasteiger partial charge in [-0.2, -0.15) is 0 Å². The van der Waals surface area contributed by atoms with E-state index in [1.54, 1.807) is 23.5 Å². The Morgan fingerprint density at radius 2 is 1.05 bits per heavy atom. The van der Waals surface area contributed by atoms with E-state index in [4.69, 9.17) is 0 Å². The summed E-state index contributed by atoms with van der Waals surface area (Å²) in [6.45, 7) is 4.01. The fraction of sp³-hybridized carbons (Fsp3) is 0.316. The summed E-state index contributed by atoms with van der Waals surface area (Å²) in [5.74, 6) is 0.117. The Balaban J connectivity index is 2.13. The molecule has 0 heterocycles. The van der Waals surface area contributed by atoms with Gasteiger partial charge in [0, 0.05) is 21.6 Å². The van der Waals surface area contributed by atoms with E-state index in [9.17, 15) is 4.79 Å². The van der Waals surface area contributed by atoms with Crippen LogP contribution in [0.5, 0.6) is 0 Å². The molecular weight excluding hydrogens is 308 g/mol. The second-order valence-electron chi connectivity index (χ2n) is 5.39. The summed E-state index contributed by atoms with van der Waals surface area (Å²) < 4.78 is 0. The molecule has 116 valence electrons. The molecule has 0 aliphatic rings. The molecule has 0 radical (unpaired) electrons. The molecule has 22 heavy (non-hydrogen) atoms. The van der Waals surface area contributed by atoms with Crippen LogP contribution in [0.2, 0.25) is 0 Å². The summed E-state index contributed by atoms with van der Waals surface area (Å²) in [5.41, 5.74) is 2.19. The van der Waals surface area contributed by atoms with E-state index in [-0.39, 0.29) is 17.6 Å². The fourth-order valence-corrected chi connectivity index (χ4v) is 3.31. The highest BCUT2D eigenvalue weighted by atomic mass is 32.2. The minimum absolute atomic E-state index is 0.0777. The Kier molecular flexibility index (Phi) is 6.16. The van der Waals surface area contributed by atoms with Crippen molar-refractivity contribution in [3.63, 3.8) is 0 Å². The SMILES string of the molecule is CSc1ccc(C(C)C(=O)C(C)c2ccc(SC)cc2)cc1. The van der Waals surface area contributed by atoms with Gasteiger partial charge in [0.05, 0.1) is 0 Å². The standard InChI is InChI=1S/C19H22OS2/c1-13(15-5-9-17(21-3)10-6-15)19(20)14(2)16-7-11-18(22-4)12-8-16/h5-14H,1-4H3. The van der Waals surface area contributed by atoms with E-state index in [2.05, 4.69) is 61.0 Å². The van der Waals surface area contributed by atoms with Crippen LogP contribution in [0.15, 0.2) is 58.3 Å². The molecule has 0 N–H and O–H groups in total. The largest absolute Gasteiger partial charge is 0.298 e. The second kappa shape index (κ2) is 7.89. The molecule has 0 saturated heterocycles. The van der Waals surface area contributed by atoms with Crippen LogP contribution >= 0.6 is 23.5 Å². The van der Waals surface area contributed by atoms with Crippen LogP contribution in [0.1, 0.15) is 36.8 Å². The van der Waals surface area contributed by atoms with Crippen molar-refractivity contribution in [3.05, 3.63) is 59.7 Å². The highest BCUT2D eigenvalue weighted by Crippen LogP contribution is 2.28. The summed E-state index contributed by atoms with van der Waals surface area (Å²) in [5, 5.41) is 0. The van der Waals surface area contributed by atoms with Crippen molar-refractivity contribution in [1.82, 2.24) is 0 Å². The Hall–Kier alpha value is -1.19. The fourth-order valence-electron chi connectivity index (χ4n) is 2.49. The van der Waals surface area contributed by atoms with Gasteiger partial charge >= 0.3 is 0 Å². The Morgan fingerprint density at radius 1 is 0.727 bits per heavy atom. The maximum atomic E-state index is 12.7. The van der Waals surface area contributed by atoms with Crippen molar-refractivity contribution in [2.45, 2.75) is 35.5 Å². The topological polar surface area (TPSA) is 17.1 Å². The summed E-state index contributed by atoms with van der Waals surface area (Å²) in [6.07, 6.45) is 4.12. The molecule has 0 aliphatic heterocycles. The molecule has 2 unspecified atom stereocenters. The molecule has 0 aromatic heterocycles. The predicted molar refractivity (Wildman–Crippen MR) is 98.3 cm³/mol. The zero-order chi connectivity index (χ0) is 16.1. The van der Waals surface area contributed by atoms with Crippen molar-refractivity contribution in [2.24, 2.45) is 0 Å². The molecule has 0 fully saturated rings. The van der Waals surface area contributed by atoms with E-state index < -0.39 is 0 Å². The zero-order valence-corrected chi connectivity index (χ0v) is 15.1. The number of benzene rings is 2. The molecule has 1 nitrogen and oxygen atoms in total. The third-order valence-electron chi connectivity index (χ3n) is 4.09. The lowest BCUT2D eigenvalue weighted by Gasteiger charge is -2.17. The van der Waals surface area contributed by atoms with Gasteiger partial charge in [-0.15, -0.1) is 23.5 Å². The van der Waals surface area contributed by atoms with E-state index in [1.807, 2.05) is 13.8 Å². The first kappa shape index (κ1) is 17.2. The summed E-state index contributed by atoms with van der Waals surface area (Å²) >= 11 is 3.43. The normalized spacial score (nSPS) is 13.6. The third kappa shape index (κ3) is 3.96. The number of rotatable bonds is 6. The van der Waals surface area contributed by atoms with Gasteiger partial charge in [-0.3, -0.25) is 4.79 Å². The van der Waals surface area contributed by atoms with Gasteiger partial charge in [-0.25, -0.2) is 0 Å². The number of carbonyl (C=O) groups excluding carboxylic acids is 1.